The molecule has 0 fully saturated rings. The highest BCUT2D eigenvalue weighted by molar-refractivity contribution is 6.04. The van der Waals surface area contributed by atoms with Crippen LogP contribution in [0.15, 0.2) is 85.1 Å². The van der Waals surface area contributed by atoms with Crippen molar-refractivity contribution >= 4 is 40.7 Å². The van der Waals surface area contributed by atoms with Crippen molar-refractivity contribution in [3.8, 4) is 11.5 Å². The number of rotatable bonds is 11. The van der Waals surface area contributed by atoms with Crippen molar-refractivity contribution in [2.24, 2.45) is 0 Å². The number of ether oxygens (including phenoxy) is 3. The van der Waals surface area contributed by atoms with E-state index in [1.54, 1.807) is 36.4 Å². The molecule has 0 aliphatic rings. The third-order valence-electron chi connectivity index (χ3n) is 6.25. The maximum Gasteiger partial charge on any atom is 0.303 e. The molecule has 0 spiro atoms. The van der Waals surface area contributed by atoms with E-state index in [-0.39, 0.29) is 24.6 Å². The van der Waals surface area contributed by atoms with Crippen LogP contribution >= 0.6 is 0 Å². The quantitative estimate of drug-likeness (QED) is 0.141. The van der Waals surface area contributed by atoms with Crippen LogP contribution in [-0.2, 0) is 27.5 Å². The van der Waals surface area contributed by atoms with Gasteiger partial charge in [-0.05, 0) is 50.2 Å². The maximum atomic E-state index is 13.3. The van der Waals surface area contributed by atoms with Crippen molar-refractivity contribution in [2.75, 3.05) is 22.1 Å². The Labute approximate surface area is 249 Å². The van der Waals surface area contributed by atoms with E-state index in [1.807, 2.05) is 36.4 Å². The zero-order valence-electron chi connectivity index (χ0n) is 24.0. The van der Waals surface area contributed by atoms with E-state index in [0.29, 0.717) is 28.6 Å². The van der Waals surface area contributed by atoms with Crippen molar-refractivity contribution < 1.29 is 28.6 Å². The average molecular weight is 584 g/mol. The Kier molecular flexibility index (Phi) is 9.46. The first-order valence-corrected chi connectivity index (χ1v) is 13.4. The number of nitrogens with one attached hydrogen (secondary N) is 2. The van der Waals surface area contributed by atoms with Gasteiger partial charge in [0, 0.05) is 41.1 Å². The normalized spacial score (nSPS) is 10.9. The molecule has 0 unspecified atom stereocenters. The van der Waals surface area contributed by atoms with E-state index >= 15 is 0 Å². The fraction of sp³-hybridized carbons (Fsp3) is 0.188. The number of nitrogens with zero attached hydrogens (tertiary/aromatic N) is 1. The molecule has 0 aliphatic carbocycles. The fourth-order valence-corrected chi connectivity index (χ4v) is 3.94. The Bertz CT molecular complexity index is 1550. The highest BCUT2D eigenvalue weighted by Crippen LogP contribution is 2.27. The summed E-state index contributed by atoms with van der Waals surface area (Å²) in [7, 11) is 0. The number of hydrogen-bond donors (Lipinski definition) is 4. The molecule has 1 heterocycles. The molecular formula is C32H33N5O6. The second kappa shape index (κ2) is 13.4. The van der Waals surface area contributed by atoms with Crippen molar-refractivity contribution in [1.29, 1.82) is 0 Å². The number of nitrogens with two attached hydrogens (primary N) is 2. The smallest absolute Gasteiger partial charge is 0.303 e. The Balaban J connectivity index is 1.49. The van der Waals surface area contributed by atoms with Crippen LogP contribution in [-0.4, -0.2) is 28.4 Å². The molecule has 11 heteroatoms. The number of carbonyl (C=O) groups excluding carboxylic acids is 3. The van der Waals surface area contributed by atoms with E-state index in [2.05, 4.69) is 15.6 Å². The first-order chi connectivity index (χ1) is 20.5. The van der Waals surface area contributed by atoms with Gasteiger partial charge in [0.25, 0.3) is 11.8 Å². The lowest BCUT2D eigenvalue weighted by Gasteiger charge is -2.23. The van der Waals surface area contributed by atoms with Gasteiger partial charge in [-0.3, -0.25) is 14.4 Å². The molecule has 4 aromatic rings. The summed E-state index contributed by atoms with van der Waals surface area (Å²) in [4.78, 5) is 41.2. The summed E-state index contributed by atoms with van der Waals surface area (Å²) < 4.78 is 17.0. The molecule has 0 saturated heterocycles. The third-order valence-corrected chi connectivity index (χ3v) is 6.25. The SMILES string of the molecule is CC(=O)OC(C)(C)C(=O)Nc1ccc(NC(=O)c2cc(OCc3ccccc3N)cc(OCc3ccccc3N)c2)nc1. The van der Waals surface area contributed by atoms with Crippen LogP contribution in [0.5, 0.6) is 11.5 Å². The lowest BCUT2D eigenvalue weighted by molar-refractivity contribution is -0.160. The predicted octanol–water partition coefficient (Wildman–Crippen LogP) is 4.94. The van der Waals surface area contributed by atoms with Gasteiger partial charge in [0.05, 0.1) is 11.9 Å². The first kappa shape index (κ1) is 30.4. The lowest BCUT2D eigenvalue weighted by atomic mass is 10.1. The summed E-state index contributed by atoms with van der Waals surface area (Å²) in [6.45, 7) is 4.55. The average Bonchev–Trinajstić information content (AvgIpc) is 2.96. The molecule has 3 aromatic carbocycles. The summed E-state index contributed by atoms with van der Waals surface area (Å²) in [5, 5.41) is 5.37. The molecule has 0 aliphatic heterocycles. The van der Waals surface area contributed by atoms with Crippen molar-refractivity contribution in [3.63, 3.8) is 0 Å². The molecular weight excluding hydrogens is 550 g/mol. The van der Waals surface area contributed by atoms with Crippen LogP contribution in [0.3, 0.4) is 0 Å². The number of para-hydroxylation sites is 2. The van der Waals surface area contributed by atoms with Gasteiger partial charge in [0.1, 0.15) is 30.5 Å². The third kappa shape index (κ3) is 8.46. The van der Waals surface area contributed by atoms with Gasteiger partial charge in [-0.15, -0.1) is 0 Å². The summed E-state index contributed by atoms with van der Waals surface area (Å²) in [5.41, 5.74) is 14.1. The van der Waals surface area contributed by atoms with Gasteiger partial charge in [0.2, 0.25) is 0 Å². The number of aromatic nitrogens is 1. The highest BCUT2D eigenvalue weighted by atomic mass is 16.6. The summed E-state index contributed by atoms with van der Waals surface area (Å²) in [6, 6.07) is 22.6. The molecule has 0 atom stereocenters. The molecule has 222 valence electrons. The van der Waals surface area contributed by atoms with Crippen LogP contribution in [0.2, 0.25) is 0 Å². The predicted molar refractivity (Wildman–Crippen MR) is 163 cm³/mol. The number of anilines is 4. The van der Waals surface area contributed by atoms with Crippen LogP contribution in [0.25, 0.3) is 0 Å². The Morgan fingerprint density at radius 3 is 1.84 bits per heavy atom. The number of nitrogen functional groups attached to an aromatic ring is 2. The summed E-state index contributed by atoms with van der Waals surface area (Å²) in [5.74, 6) is -0.534. The van der Waals surface area contributed by atoms with E-state index < -0.39 is 23.4 Å². The van der Waals surface area contributed by atoms with Gasteiger partial charge in [-0.1, -0.05) is 36.4 Å². The van der Waals surface area contributed by atoms with Gasteiger partial charge < -0.3 is 36.3 Å². The number of carbonyl (C=O) groups is 3. The topological polar surface area (TPSA) is 168 Å². The van der Waals surface area contributed by atoms with Gasteiger partial charge in [-0.2, -0.15) is 0 Å². The second-order valence-corrected chi connectivity index (χ2v) is 10.1. The standard InChI is InChI=1S/C32H33N5O6/c1-20(38)43-32(2,3)31(40)36-24-12-13-29(35-17-24)37-30(39)23-14-25(41-18-21-8-4-6-10-27(21)33)16-26(15-23)42-19-22-9-5-7-11-28(22)34/h4-17H,18-19,33-34H2,1-3H3,(H,36,40)(H,35,37,39). The van der Waals surface area contributed by atoms with Crippen molar-refractivity contribution in [1.82, 2.24) is 4.98 Å². The number of amides is 2. The minimum Gasteiger partial charge on any atom is -0.489 e. The van der Waals surface area contributed by atoms with Crippen molar-refractivity contribution in [2.45, 2.75) is 39.6 Å². The minimum absolute atomic E-state index is 0.186. The van der Waals surface area contributed by atoms with Crippen LogP contribution in [0, 0.1) is 0 Å². The summed E-state index contributed by atoms with van der Waals surface area (Å²) >= 11 is 0. The van der Waals surface area contributed by atoms with Crippen LogP contribution in [0.1, 0.15) is 42.3 Å². The second-order valence-electron chi connectivity index (χ2n) is 10.1. The highest BCUT2D eigenvalue weighted by Gasteiger charge is 2.31. The molecule has 43 heavy (non-hydrogen) atoms. The Morgan fingerprint density at radius 2 is 1.35 bits per heavy atom. The van der Waals surface area contributed by atoms with Crippen LogP contribution < -0.4 is 31.6 Å². The molecule has 0 radical (unpaired) electrons. The molecule has 4 rings (SSSR count). The zero-order valence-corrected chi connectivity index (χ0v) is 24.0. The number of esters is 1. The molecule has 2 amide bonds. The monoisotopic (exact) mass is 583 g/mol. The van der Waals surface area contributed by atoms with Gasteiger partial charge >= 0.3 is 5.97 Å². The largest absolute Gasteiger partial charge is 0.489 e. The molecule has 0 bridgehead atoms. The summed E-state index contributed by atoms with van der Waals surface area (Å²) in [6.07, 6.45) is 1.37. The number of pyridine rings is 1. The maximum absolute atomic E-state index is 13.3. The number of benzene rings is 3. The van der Waals surface area contributed by atoms with E-state index in [9.17, 15) is 14.4 Å². The Hall–Kier alpha value is -5.58. The zero-order chi connectivity index (χ0) is 31.0. The molecule has 1 aromatic heterocycles. The minimum atomic E-state index is -1.37. The first-order valence-electron chi connectivity index (χ1n) is 13.4. The molecule has 11 nitrogen and oxygen atoms in total. The molecule has 6 N–H and O–H groups in total. The Morgan fingerprint density at radius 1 is 0.791 bits per heavy atom. The number of hydrogen-bond acceptors (Lipinski definition) is 9. The van der Waals surface area contributed by atoms with E-state index in [1.165, 1.54) is 33.0 Å². The fourth-order valence-electron chi connectivity index (χ4n) is 3.94. The lowest BCUT2D eigenvalue weighted by Crippen LogP contribution is -2.41. The van der Waals surface area contributed by atoms with Crippen LogP contribution in [0.4, 0.5) is 22.9 Å². The molecule has 0 saturated carbocycles. The van der Waals surface area contributed by atoms with E-state index in [0.717, 1.165) is 11.1 Å². The van der Waals surface area contributed by atoms with Crippen molar-refractivity contribution in [3.05, 3.63) is 102 Å². The van der Waals surface area contributed by atoms with Gasteiger partial charge in [0.15, 0.2) is 5.60 Å². The van der Waals surface area contributed by atoms with E-state index in [4.69, 9.17) is 25.7 Å². The van der Waals surface area contributed by atoms with Gasteiger partial charge in [-0.25, -0.2) is 4.98 Å².